The minimum Gasteiger partial charge on any atom is -0.481 e. The van der Waals surface area contributed by atoms with Crippen molar-refractivity contribution in [1.29, 1.82) is 0 Å². The topological polar surface area (TPSA) is 52.8 Å². The molecular weight excluding hydrogens is 288 g/mol. The third-order valence-corrected chi connectivity index (χ3v) is 3.53. The second-order valence-electron chi connectivity index (χ2n) is 4.58. The Bertz CT molecular complexity index is 742. The van der Waals surface area contributed by atoms with E-state index in [-0.39, 0.29) is 0 Å². The van der Waals surface area contributed by atoms with Gasteiger partial charge < -0.3 is 9.30 Å². The molecule has 3 aromatic rings. The standard InChI is InChI=1S/C15H15ClN4O/c1-21-14-6-5-12-15(19-14)20(13(10-16)18-12)9-7-11-4-2-3-8-17-11/h2-6,8H,7,9-10H2,1H3. The van der Waals surface area contributed by atoms with Crippen LogP contribution in [0.25, 0.3) is 11.2 Å². The summed E-state index contributed by atoms with van der Waals surface area (Å²) in [6, 6.07) is 9.60. The van der Waals surface area contributed by atoms with Gasteiger partial charge >= 0.3 is 0 Å². The summed E-state index contributed by atoms with van der Waals surface area (Å²) in [4.78, 5) is 13.3. The first-order valence-corrected chi connectivity index (χ1v) is 7.21. The maximum Gasteiger partial charge on any atom is 0.215 e. The molecular formula is C15H15ClN4O. The van der Waals surface area contributed by atoms with E-state index in [1.165, 1.54) is 0 Å². The normalized spacial score (nSPS) is 11.0. The Kier molecular flexibility index (Phi) is 4.01. The lowest BCUT2D eigenvalue weighted by Crippen LogP contribution is -2.07. The zero-order valence-corrected chi connectivity index (χ0v) is 12.4. The number of pyridine rings is 2. The van der Waals surface area contributed by atoms with Gasteiger partial charge in [0.1, 0.15) is 11.3 Å². The summed E-state index contributed by atoms with van der Waals surface area (Å²) in [6.45, 7) is 0.732. The molecule has 0 N–H and O–H groups in total. The van der Waals surface area contributed by atoms with E-state index in [9.17, 15) is 0 Å². The number of hydrogen-bond donors (Lipinski definition) is 0. The van der Waals surface area contributed by atoms with Crippen LogP contribution in [0.3, 0.4) is 0 Å². The molecule has 21 heavy (non-hydrogen) atoms. The second-order valence-corrected chi connectivity index (χ2v) is 4.85. The van der Waals surface area contributed by atoms with E-state index in [1.54, 1.807) is 19.4 Å². The third kappa shape index (κ3) is 2.83. The summed E-state index contributed by atoms with van der Waals surface area (Å²) in [6.07, 6.45) is 2.60. The van der Waals surface area contributed by atoms with Crippen LogP contribution in [-0.2, 0) is 18.8 Å². The number of ether oxygens (including phenoxy) is 1. The number of alkyl halides is 1. The molecule has 3 heterocycles. The van der Waals surface area contributed by atoms with Crippen molar-refractivity contribution < 1.29 is 4.74 Å². The number of rotatable bonds is 5. The molecule has 0 aliphatic heterocycles. The van der Waals surface area contributed by atoms with Gasteiger partial charge in [0, 0.05) is 30.9 Å². The molecule has 3 rings (SSSR count). The highest BCUT2D eigenvalue weighted by Crippen LogP contribution is 2.19. The van der Waals surface area contributed by atoms with E-state index in [2.05, 4.69) is 15.0 Å². The molecule has 0 saturated carbocycles. The Balaban J connectivity index is 1.95. The second kappa shape index (κ2) is 6.10. The molecule has 0 unspecified atom stereocenters. The maximum absolute atomic E-state index is 6.00. The van der Waals surface area contributed by atoms with Crippen LogP contribution in [0.4, 0.5) is 0 Å². The SMILES string of the molecule is COc1ccc2nc(CCl)n(CCc3ccccn3)c2n1. The van der Waals surface area contributed by atoms with Gasteiger partial charge in [-0.05, 0) is 18.2 Å². The molecule has 0 aliphatic carbocycles. The van der Waals surface area contributed by atoms with Crippen molar-refractivity contribution in [1.82, 2.24) is 19.5 Å². The van der Waals surface area contributed by atoms with Crippen LogP contribution in [0, 0.1) is 0 Å². The smallest absolute Gasteiger partial charge is 0.215 e. The van der Waals surface area contributed by atoms with Crippen LogP contribution in [0.15, 0.2) is 36.5 Å². The van der Waals surface area contributed by atoms with Crippen LogP contribution in [0.5, 0.6) is 5.88 Å². The van der Waals surface area contributed by atoms with Crippen LogP contribution in [-0.4, -0.2) is 26.6 Å². The predicted octanol–water partition coefficient (Wildman–Crippen LogP) is 2.82. The lowest BCUT2D eigenvalue weighted by molar-refractivity contribution is 0.399. The summed E-state index contributed by atoms with van der Waals surface area (Å²) in [7, 11) is 1.60. The van der Waals surface area contributed by atoms with E-state index < -0.39 is 0 Å². The Labute approximate surface area is 127 Å². The Morgan fingerprint density at radius 2 is 2.10 bits per heavy atom. The van der Waals surface area contributed by atoms with E-state index in [1.807, 2.05) is 28.8 Å². The van der Waals surface area contributed by atoms with Crippen LogP contribution < -0.4 is 4.74 Å². The fourth-order valence-electron chi connectivity index (χ4n) is 2.25. The fraction of sp³-hybridized carbons (Fsp3) is 0.267. The molecule has 0 radical (unpaired) electrons. The number of halogens is 1. The molecule has 0 saturated heterocycles. The lowest BCUT2D eigenvalue weighted by Gasteiger charge is -2.07. The zero-order valence-electron chi connectivity index (χ0n) is 11.7. The molecule has 0 bridgehead atoms. The predicted molar refractivity (Wildman–Crippen MR) is 81.6 cm³/mol. The Morgan fingerprint density at radius 3 is 2.81 bits per heavy atom. The molecule has 0 aromatic carbocycles. The van der Waals surface area contributed by atoms with Crippen molar-refractivity contribution in [3.05, 3.63) is 48.0 Å². The highest BCUT2D eigenvalue weighted by atomic mass is 35.5. The zero-order chi connectivity index (χ0) is 14.7. The van der Waals surface area contributed by atoms with Gasteiger partial charge in [0.05, 0.1) is 13.0 Å². The van der Waals surface area contributed by atoms with E-state index in [0.717, 1.165) is 35.6 Å². The molecule has 6 heteroatoms. The van der Waals surface area contributed by atoms with Gasteiger partial charge in [-0.3, -0.25) is 4.98 Å². The quantitative estimate of drug-likeness (QED) is 0.680. The molecule has 0 atom stereocenters. The van der Waals surface area contributed by atoms with Crippen molar-refractivity contribution >= 4 is 22.8 Å². The molecule has 0 aliphatic rings. The third-order valence-electron chi connectivity index (χ3n) is 3.29. The first-order chi connectivity index (χ1) is 10.3. The summed E-state index contributed by atoms with van der Waals surface area (Å²) in [5.74, 6) is 1.73. The van der Waals surface area contributed by atoms with Gasteiger partial charge in [0.2, 0.25) is 5.88 Å². The van der Waals surface area contributed by atoms with Gasteiger partial charge in [-0.2, -0.15) is 4.98 Å². The van der Waals surface area contributed by atoms with Gasteiger partial charge in [0.15, 0.2) is 5.65 Å². The molecule has 108 valence electrons. The lowest BCUT2D eigenvalue weighted by atomic mass is 10.2. The maximum atomic E-state index is 6.00. The fourth-order valence-corrected chi connectivity index (χ4v) is 2.46. The van der Waals surface area contributed by atoms with E-state index in [4.69, 9.17) is 16.3 Å². The van der Waals surface area contributed by atoms with Gasteiger partial charge in [-0.15, -0.1) is 11.6 Å². The number of fused-ring (bicyclic) bond motifs is 1. The van der Waals surface area contributed by atoms with Gasteiger partial charge in [-0.25, -0.2) is 4.98 Å². The van der Waals surface area contributed by atoms with Gasteiger partial charge in [0.25, 0.3) is 0 Å². The van der Waals surface area contributed by atoms with Crippen molar-refractivity contribution in [3.63, 3.8) is 0 Å². The van der Waals surface area contributed by atoms with Crippen molar-refractivity contribution in [2.45, 2.75) is 18.8 Å². The number of imidazole rings is 1. The minimum atomic E-state index is 0.348. The van der Waals surface area contributed by atoms with E-state index in [0.29, 0.717) is 11.8 Å². The minimum absolute atomic E-state index is 0.348. The average Bonchev–Trinajstić information content (AvgIpc) is 2.90. The largest absolute Gasteiger partial charge is 0.481 e. The molecule has 0 spiro atoms. The number of nitrogens with zero attached hydrogens (tertiary/aromatic N) is 4. The summed E-state index contributed by atoms with van der Waals surface area (Å²) in [5, 5.41) is 0. The van der Waals surface area contributed by atoms with Crippen LogP contribution >= 0.6 is 11.6 Å². The highest BCUT2D eigenvalue weighted by Gasteiger charge is 2.12. The van der Waals surface area contributed by atoms with Crippen molar-refractivity contribution in [3.8, 4) is 5.88 Å². The molecule has 3 aromatic heterocycles. The number of aromatic nitrogens is 4. The summed E-state index contributed by atoms with van der Waals surface area (Å²) >= 11 is 6.00. The summed E-state index contributed by atoms with van der Waals surface area (Å²) in [5.41, 5.74) is 2.65. The first-order valence-electron chi connectivity index (χ1n) is 6.68. The monoisotopic (exact) mass is 302 g/mol. The highest BCUT2D eigenvalue weighted by molar-refractivity contribution is 6.16. The van der Waals surface area contributed by atoms with Crippen LogP contribution in [0.2, 0.25) is 0 Å². The Morgan fingerprint density at radius 1 is 1.19 bits per heavy atom. The van der Waals surface area contributed by atoms with Crippen molar-refractivity contribution in [2.75, 3.05) is 7.11 Å². The van der Waals surface area contributed by atoms with Gasteiger partial charge in [-0.1, -0.05) is 6.07 Å². The van der Waals surface area contributed by atoms with Crippen molar-refractivity contribution in [2.24, 2.45) is 0 Å². The average molecular weight is 303 g/mol. The van der Waals surface area contributed by atoms with Crippen LogP contribution in [0.1, 0.15) is 11.5 Å². The summed E-state index contributed by atoms with van der Waals surface area (Å²) < 4.78 is 7.21. The first kappa shape index (κ1) is 13.8. The van der Waals surface area contributed by atoms with E-state index >= 15 is 0 Å². The molecule has 5 nitrogen and oxygen atoms in total. The Hall–Kier alpha value is -2.14. The molecule has 0 amide bonds. The number of hydrogen-bond acceptors (Lipinski definition) is 4. The number of aryl methyl sites for hydroxylation is 2. The number of methoxy groups -OCH3 is 1. The molecule has 0 fully saturated rings.